The van der Waals surface area contributed by atoms with Crippen molar-refractivity contribution in [1.29, 1.82) is 0 Å². The van der Waals surface area contributed by atoms with E-state index in [0.717, 1.165) is 0 Å². The van der Waals surface area contributed by atoms with Gasteiger partial charge in [-0.15, -0.1) is 0 Å². The van der Waals surface area contributed by atoms with Gasteiger partial charge in [0.25, 0.3) is 0 Å². The van der Waals surface area contributed by atoms with Gasteiger partial charge in [0.2, 0.25) is 0 Å². The van der Waals surface area contributed by atoms with Gasteiger partial charge in [-0.2, -0.15) is 0 Å². The first kappa shape index (κ1) is 11.1. The Balaban J connectivity index is 3.86. The Bertz CT molecular complexity index is 159. The van der Waals surface area contributed by atoms with E-state index in [9.17, 15) is 4.79 Å². The van der Waals surface area contributed by atoms with Crippen molar-refractivity contribution < 1.29 is 9.90 Å². The highest BCUT2D eigenvalue weighted by Crippen LogP contribution is 2.00. The molecule has 5 N–H and O–H groups in total. The maximum atomic E-state index is 10.5. The quantitative estimate of drug-likeness (QED) is 0.458. The van der Waals surface area contributed by atoms with E-state index in [2.05, 4.69) is 4.99 Å². The summed E-state index contributed by atoms with van der Waals surface area (Å²) >= 11 is 0. The van der Waals surface area contributed by atoms with E-state index < -0.39 is 12.0 Å². The van der Waals surface area contributed by atoms with Crippen LogP contribution in [-0.2, 0) is 4.79 Å². The second-order valence-corrected chi connectivity index (χ2v) is 2.35. The lowest BCUT2D eigenvalue weighted by molar-refractivity contribution is -0.138. The average Bonchev–Trinajstić information content (AvgIpc) is 2.04. The Morgan fingerprint density at radius 2 is 2.25 bits per heavy atom. The highest BCUT2D eigenvalue weighted by atomic mass is 16.4. The lowest BCUT2D eigenvalue weighted by Gasteiger charge is -2.04. The van der Waals surface area contributed by atoms with Gasteiger partial charge in [0.15, 0.2) is 0 Å². The minimum absolute atomic E-state index is 0.270. The van der Waals surface area contributed by atoms with Crippen molar-refractivity contribution in [2.75, 3.05) is 13.1 Å². The molecule has 0 unspecified atom stereocenters. The zero-order chi connectivity index (χ0) is 9.40. The highest BCUT2D eigenvalue weighted by Gasteiger charge is 2.13. The van der Waals surface area contributed by atoms with Crippen LogP contribution < -0.4 is 11.5 Å². The van der Waals surface area contributed by atoms with Crippen LogP contribution in [0, 0.1) is 0 Å². The van der Waals surface area contributed by atoms with Crippen molar-refractivity contribution in [1.82, 2.24) is 0 Å². The lowest BCUT2D eigenvalue weighted by atomic mass is 10.2. The second-order valence-electron chi connectivity index (χ2n) is 2.35. The Morgan fingerprint density at radius 1 is 1.58 bits per heavy atom. The largest absolute Gasteiger partial charge is 0.480 e. The summed E-state index contributed by atoms with van der Waals surface area (Å²) in [7, 11) is 0. The van der Waals surface area contributed by atoms with Crippen LogP contribution in [0.4, 0.5) is 0 Å². The third-order valence-electron chi connectivity index (χ3n) is 1.36. The fourth-order valence-corrected chi connectivity index (χ4v) is 0.761. The van der Waals surface area contributed by atoms with Crippen LogP contribution in [0.15, 0.2) is 4.99 Å². The van der Waals surface area contributed by atoms with Crippen LogP contribution in [0.3, 0.4) is 0 Å². The van der Waals surface area contributed by atoms with Gasteiger partial charge in [0.1, 0.15) is 6.04 Å². The van der Waals surface area contributed by atoms with Gasteiger partial charge in [-0.25, -0.2) is 4.79 Å². The molecule has 0 fully saturated rings. The first-order valence-corrected chi connectivity index (χ1v) is 3.87. The summed E-state index contributed by atoms with van der Waals surface area (Å²) in [6.07, 6.45) is 2.55. The molecule has 0 bridgehead atoms. The minimum atomic E-state index is -0.923. The fourth-order valence-electron chi connectivity index (χ4n) is 0.761. The van der Waals surface area contributed by atoms with Crippen LogP contribution in [0.25, 0.3) is 0 Å². The smallest absolute Gasteiger partial charge is 0.328 e. The van der Waals surface area contributed by atoms with Crippen LogP contribution in [0.1, 0.15) is 12.8 Å². The molecule has 0 aromatic carbocycles. The van der Waals surface area contributed by atoms with Crippen molar-refractivity contribution in [3.63, 3.8) is 0 Å². The number of aliphatic carboxylic acids is 1. The maximum absolute atomic E-state index is 10.5. The number of nitrogens with two attached hydrogens (primary N) is 2. The third-order valence-corrected chi connectivity index (χ3v) is 1.36. The lowest BCUT2D eigenvalue weighted by Crippen LogP contribution is -2.20. The summed E-state index contributed by atoms with van der Waals surface area (Å²) < 4.78 is 0. The molecule has 0 radical (unpaired) electrons. The van der Waals surface area contributed by atoms with E-state index in [1.165, 1.54) is 6.21 Å². The molecule has 0 aliphatic heterocycles. The normalized spacial score (nSPS) is 13.5. The third kappa shape index (κ3) is 4.81. The molecule has 0 rings (SSSR count). The monoisotopic (exact) mass is 173 g/mol. The van der Waals surface area contributed by atoms with E-state index in [0.29, 0.717) is 19.4 Å². The minimum Gasteiger partial charge on any atom is -0.480 e. The molecule has 0 aromatic rings. The van der Waals surface area contributed by atoms with Gasteiger partial charge >= 0.3 is 5.97 Å². The van der Waals surface area contributed by atoms with Crippen LogP contribution in [0.2, 0.25) is 0 Å². The molecule has 0 heterocycles. The van der Waals surface area contributed by atoms with E-state index in [1.807, 2.05) is 0 Å². The highest BCUT2D eigenvalue weighted by molar-refractivity contribution is 5.76. The summed E-state index contributed by atoms with van der Waals surface area (Å²) in [6, 6.07) is -0.683. The molecule has 0 saturated heterocycles. The zero-order valence-electron chi connectivity index (χ0n) is 6.94. The molecule has 0 aliphatic rings. The standard InChI is InChI=1S/C7H15N3O2/c8-3-1-2-6(7(11)12)10-5-4-9/h5-6H,1-4,8-9H2,(H,11,12)/t6-/m1/s1. The van der Waals surface area contributed by atoms with Crippen LogP contribution >= 0.6 is 0 Å². The van der Waals surface area contributed by atoms with E-state index in [-0.39, 0.29) is 6.54 Å². The number of carboxylic acids is 1. The first-order chi connectivity index (χ1) is 5.72. The number of hydrogen-bond donors (Lipinski definition) is 3. The molecular formula is C7H15N3O2. The van der Waals surface area contributed by atoms with E-state index in [4.69, 9.17) is 16.6 Å². The summed E-state index contributed by atoms with van der Waals surface area (Å²) in [5, 5.41) is 8.63. The molecule has 0 amide bonds. The molecule has 12 heavy (non-hydrogen) atoms. The predicted molar refractivity (Wildman–Crippen MR) is 47.3 cm³/mol. The van der Waals surface area contributed by atoms with Crippen LogP contribution in [-0.4, -0.2) is 36.4 Å². The van der Waals surface area contributed by atoms with Gasteiger partial charge in [0, 0.05) is 12.8 Å². The average molecular weight is 173 g/mol. The second kappa shape index (κ2) is 6.75. The van der Waals surface area contributed by atoms with Crippen LogP contribution in [0.5, 0.6) is 0 Å². The Labute approximate surface area is 71.5 Å². The van der Waals surface area contributed by atoms with Gasteiger partial charge in [-0.05, 0) is 19.4 Å². The predicted octanol–water partition coefficient (Wildman–Crippen LogP) is -0.792. The van der Waals surface area contributed by atoms with Crippen molar-refractivity contribution in [3.8, 4) is 0 Å². The SMILES string of the molecule is NCC=N[C@H](CCCN)C(=O)O. The molecule has 5 nitrogen and oxygen atoms in total. The molecule has 70 valence electrons. The van der Waals surface area contributed by atoms with Crippen molar-refractivity contribution >= 4 is 12.2 Å². The molecular weight excluding hydrogens is 158 g/mol. The van der Waals surface area contributed by atoms with Crippen molar-refractivity contribution in [2.45, 2.75) is 18.9 Å². The van der Waals surface area contributed by atoms with Gasteiger partial charge in [-0.1, -0.05) is 0 Å². The zero-order valence-corrected chi connectivity index (χ0v) is 6.94. The number of carbonyl (C=O) groups is 1. The summed E-state index contributed by atoms with van der Waals surface area (Å²) in [5.74, 6) is -0.923. The number of hydrogen-bond acceptors (Lipinski definition) is 4. The number of rotatable bonds is 6. The topological polar surface area (TPSA) is 102 Å². The van der Waals surface area contributed by atoms with E-state index >= 15 is 0 Å². The number of nitrogens with zero attached hydrogens (tertiary/aromatic N) is 1. The van der Waals surface area contributed by atoms with Gasteiger partial charge in [-0.3, -0.25) is 4.99 Å². The van der Waals surface area contributed by atoms with Crippen molar-refractivity contribution in [3.05, 3.63) is 0 Å². The fraction of sp³-hybridized carbons (Fsp3) is 0.714. The van der Waals surface area contributed by atoms with Gasteiger partial charge in [0.05, 0.1) is 0 Å². The summed E-state index contributed by atoms with van der Waals surface area (Å²) in [4.78, 5) is 14.3. The number of aliphatic imine (C=N–C) groups is 1. The molecule has 1 atom stereocenters. The number of carboxylic acid groups (broad SMARTS) is 1. The maximum Gasteiger partial charge on any atom is 0.328 e. The molecule has 0 saturated carbocycles. The summed E-state index contributed by atoms with van der Waals surface area (Å²) in [5.41, 5.74) is 10.4. The van der Waals surface area contributed by atoms with Gasteiger partial charge < -0.3 is 16.6 Å². The molecule has 5 heteroatoms. The summed E-state index contributed by atoms with van der Waals surface area (Å²) in [6.45, 7) is 0.758. The first-order valence-electron chi connectivity index (χ1n) is 3.87. The molecule has 0 aromatic heterocycles. The van der Waals surface area contributed by atoms with Crippen molar-refractivity contribution in [2.24, 2.45) is 16.5 Å². The Hall–Kier alpha value is -0.940. The van der Waals surface area contributed by atoms with E-state index in [1.54, 1.807) is 0 Å². The Kier molecular flexibility index (Phi) is 6.22. The molecule has 0 spiro atoms. The molecule has 0 aliphatic carbocycles. The Morgan fingerprint density at radius 3 is 2.67 bits per heavy atom.